The molecule has 0 aliphatic rings. The van der Waals surface area contributed by atoms with Gasteiger partial charge in [0.25, 0.3) is 0 Å². The molecule has 2 aromatic rings. The summed E-state index contributed by atoms with van der Waals surface area (Å²) in [7, 11) is 0. The maximum Gasteiger partial charge on any atom is 0.131 e. The summed E-state index contributed by atoms with van der Waals surface area (Å²) < 4.78 is 1.08. The van der Waals surface area contributed by atoms with E-state index in [0.717, 1.165) is 20.6 Å². The molecule has 0 radical (unpaired) electrons. The van der Waals surface area contributed by atoms with Crippen molar-refractivity contribution in [1.82, 2.24) is 9.97 Å². The lowest BCUT2D eigenvalue weighted by atomic mass is 10.4. The Morgan fingerprint density at radius 3 is 2.86 bits per heavy atom. The number of hydrogen-bond donors (Lipinski definition) is 0. The van der Waals surface area contributed by atoms with Crippen molar-refractivity contribution in [2.75, 3.05) is 0 Å². The van der Waals surface area contributed by atoms with Gasteiger partial charge in [0, 0.05) is 12.3 Å². The molecule has 0 aromatic carbocycles. The summed E-state index contributed by atoms with van der Waals surface area (Å²) in [5, 5.41) is 2.33. The fourth-order valence-corrected chi connectivity index (χ4v) is 2.30. The van der Waals surface area contributed by atoms with Gasteiger partial charge in [-0.1, -0.05) is 41.4 Å². The van der Waals surface area contributed by atoms with Gasteiger partial charge in [0.05, 0.1) is 15.5 Å². The molecule has 0 spiro atoms. The van der Waals surface area contributed by atoms with E-state index < -0.39 is 0 Å². The van der Waals surface area contributed by atoms with Crippen molar-refractivity contribution in [3.63, 3.8) is 0 Å². The monoisotopic (exact) mass is 292 g/mol. The minimum atomic E-state index is 0.494. The average Bonchev–Trinajstić information content (AvgIpc) is 2.62. The van der Waals surface area contributed by atoms with Gasteiger partial charge < -0.3 is 0 Å². The van der Waals surface area contributed by atoms with E-state index in [2.05, 4.69) is 25.9 Å². The zero-order valence-corrected chi connectivity index (χ0v) is 11.1. The molecule has 0 N–H and O–H groups in total. The van der Waals surface area contributed by atoms with Crippen LogP contribution in [0.15, 0.2) is 12.3 Å². The lowest BCUT2D eigenvalue weighted by Crippen LogP contribution is -1.74. The number of aromatic nitrogens is 2. The summed E-state index contributed by atoms with van der Waals surface area (Å²) in [5.74, 6) is 0. The molecule has 2 heterocycles. The Bertz CT molecular complexity index is 416. The van der Waals surface area contributed by atoms with Gasteiger partial charge in [0.1, 0.15) is 10.2 Å². The summed E-state index contributed by atoms with van der Waals surface area (Å²) in [4.78, 5) is 8.31. The van der Waals surface area contributed by atoms with E-state index in [0.29, 0.717) is 5.15 Å². The highest BCUT2D eigenvalue weighted by Gasteiger charge is 2.02. The van der Waals surface area contributed by atoms with Gasteiger partial charge in [-0.3, -0.25) is 0 Å². The van der Waals surface area contributed by atoms with Crippen LogP contribution in [0.1, 0.15) is 18.9 Å². The Hall–Kier alpha value is -0.190. The molecule has 0 bridgehead atoms. The van der Waals surface area contributed by atoms with Crippen LogP contribution in [0.4, 0.5) is 0 Å². The van der Waals surface area contributed by atoms with Crippen LogP contribution < -0.4 is 0 Å². The second kappa shape index (κ2) is 5.63. The van der Waals surface area contributed by atoms with Crippen LogP contribution in [0, 0.1) is 0 Å². The Morgan fingerprint density at radius 1 is 1.50 bits per heavy atom. The maximum atomic E-state index is 5.71. The summed E-state index contributed by atoms with van der Waals surface area (Å²) in [6.45, 7) is 4.00. The largest absolute Gasteiger partial charge is 0.243 e. The van der Waals surface area contributed by atoms with Gasteiger partial charge >= 0.3 is 0 Å². The number of rotatable bonds is 1. The topological polar surface area (TPSA) is 25.8 Å². The molecule has 5 heteroatoms. The standard InChI is InChI=1S/C7H4BrClN2S.C2H6/c8-2-7-11-4-1-6(9)10-3-5(4)12-7;1-2/h1,3H,2H2;1-2H3. The molecule has 0 amide bonds. The number of alkyl halides is 1. The Kier molecular flexibility index (Phi) is 4.78. The summed E-state index contributed by atoms with van der Waals surface area (Å²) in [6, 6.07) is 1.78. The van der Waals surface area contributed by atoms with Crippen molar-refractivity contribution in [3.8, 4) is 0 Å². The van der Waals surface area contributed by atoms with Crippen molar-refractivity contribution in [3.05, 3.63) is 22.4 Å². The van der Waals surface area contributed by atoms with Gasteiger partial charge in [-0.15, -0.1) is 11.3 Å². The summed E-state index contributed by atoms with van der Waals surface area (Å²) in [5.41, 5.74) is 0.925. The molecule has 0 aliphatic carbocycles. The number of hydrogen-bond acceptors (Lipinski definition) is 3. The molecule has 0 saturated carbocycles. The SMILES string of the molecule is CC.Clc1cc2nc(CBr)sc2cn1. The van der Waals surface area contributed by atoms with E-state index in [1.807, 2.05) is 13.8 Å². The zero-order chi connectivity index (χ0) is 10.6. The molecule has 2 aromatic heterocycles. The van der Waals surface area contributed by atoms with E-state index in [9.17, 15) is 0 Å². The van der Waals surface area contributed by atoms with Crippen molar-refractivity contribution < 1.29 is 0 Å². The van der Waals surface area contributed by atoms with E-state index in [1.54, 1.807) is 23.6 Å². The summed E-state index contributed by atoms with van der Waals surface area (Å²) >= 11 is 10.7. The molecular weight excluding hydrogens is 284 g/mol. The van der Waals surface area contributed by atoms with E-state index in [4.69, 9.17) is 11.6 Å². The van der Waals surface area contributed by atoms with Crippen LogP contribution in [0.3, 0.4) is 0 Å². The minimum absolute atomic E-state index is 0.494. The molecule has 0 unspecified atom stereocenters. The highest BCUT2D eigenvalue weighted by atomic mass is 79.9. The van der Waals surface area contributed by atoms with Crippen LogP contribution in [0.5, 0.6) is 0 Å². The predicted molar refractivity (Wildman–Crippen MR) is 66.4 cm³/mol. The normalized spacial score (nSPS) is 9.71. The molecule has 76 valence electrons. The van der Waals surface area contributed by atoms with Gasteiger partial charge in [0.2, 0.25) is 0 Å². The molecule has 0 fully saturated rings. The van der Waals surface area contributed by atoms with Crippen molar-refractivity contribution >= 4 is 49.1 Å². The third-order valence-electron chi connectivity index (χ3n) is 1.40. The van der Waals surface area contributed by atoms with Crippen LogP contribution >= 0.6 is 38.9 Å². The van der Waals surface area contributed by atoms with Gasteiger partial charge in [-0.25, -0.2) is 9.97 Å². The van der Waals surface area contributed by atoms with Crippen LogP contribution in [-0.2, 0) is 5.33 Å². The first kappa shape index (κ1) is 11.9. The van der Waals surface area contributed by atoms with Crippen molar-refractivity contribution in [2.24, 2.45) is 0 Å². The minimum Gasteiger partial charge on any atom is -0.243 e. The molecular formula is C9H10BrClN2S. The fourth-order valence-electron chi connectivity index (χ4n) is 0.915. The number of halogens is 2. The average molecular weight is 294 g/mol. The maximum absolute atomic E-state index is 5.71. The van der Waals surface area contributed by atoms with E-state index in [1.165, 1.54) is 0 Å². The molecule has 0 aliphatic heterocycles. The lowest BCUT2D eigenvalue weighted by molar-refractivity contribution is 1.30. The first-order valence-corrected chi connectivity index (χ1v) is 6.58. The first-order chi connectivity index (χ1) is 6.79. The molecule has 0 saturated heterocycles. The fraction of sp³-hybridized carbons (Fsp3) is 0.333. The van der Waals surface area contributed by atoms with Gasteiger partial charge in [-0.05, 0) is 0 Å². The molecule has 14 heavy (non-hydrogen) atoms. The third-order valence-corrected chi connectivity index (χ3v) is 3.52. The molecule has 2 rings (SSSR count). The predicted octanol–water partition coefficient (Wildman–Crippen LogP) is 4.27. The Morgan fingerprint density at radius 2 is 2.21 bits per heavy atom. The van der Waals surface area contributed by atoms with Crippen molar-refractivity contribution in [1.29, 1.82) is 0 Å². The van der Waals surface area contributed by atoms with Crippen LogP contribution in [0.25, 0.3) is 10.2 Å². The quantitative estimate of drug-likeness (QED) is 0.580. The lowest BCUT2D eigenvalue weighted by Gasteiger charge is -1.86. The highest BCUT2D eigenvalue weighted by Crippen LogP contribution is 2.24. The Labute approximate surface area is 100 Å². The van der Waals surface area contributed by atoms with E-state index >= 15 is 0 Å². The number of pyridine rings is 1. The molecule has 2 nitrogen and oxygen atoms in total. The van der Waals surface area contributed by atoms with Crippen LogP contribution in [-0.4, -0.2) is 9.97 Å². The van der Waals surface area contributed by atoms with Crippen LogP contribution in [0.2, 0.25) is 5.15 Å². The van der Waals surface area contributed by atoms with E-state index in [-0.39, 0.29) is 0 Å². The summed E-state index contributed by atoms with van der Waals surface area (Å²) in [6.07, 6.45) is 1.75. The molecule has 0 atom stereocenters. The van der Waals surface area contributed by atoms with Crippen molar-refractivity contribution in [2.45, 2.75) is 19.2 Å². The second-order valence-electron chi connectivity index (χ2n) is 2.22. The smallest absolute Gasteiger partial charge is 0.131 e. The second-order valence-corrected chi connectivity index (χ2v) is 4.28. The number of nitrogens with zero attached hydrogens (tertiary/aromatic N) is 2. The first-order valence-electron chi connectivity index (χ1n) is 4.26. The van der Waals surface area contributed by atoms with Gasteiger partial charge in [0.15, 0.2) is 0 Å². The highest BCUT2D eigenvalue weighted by molar-refractivity contribution is 9.08. The van der Waals surface area contributed by atoms with Gasteiger partial charge in [-0.2, -0.15) is 0 Å². The zero-order valence-electron chi connectivity index (χ0n) is 7.92. The Balaban J connectivity index is 0.000000461. The number of thiazole rings is 1. The number of fused-ring (bicyclic) bond motifs is 1. The third kappa shape index (κ3) is 2.65.